The van der Waals surface area contributed by atoms with Crippen molar-refractivity contribution in [3.63, 3.8) is 0 Å². The molecule has 1 amide bonds. The van der Waals surface area contributed by atoms with E-state index in [2.05, 4.69) is 21.2 Å². The second-order valence-electron chi connectivity index (χ2n) is 5.99. The van der Waals surface area contributed by atoms with Crippen LogP contribution in [-0.4, -0.2) is 15.9 Å². The Morgan fingerprint density at radius 2 is 1.97 bits per heavy atom. The highest BCUT2D eigenvalue weighted by atomic mass is 35.5. The van der Waals surface area contributed by atoms with Gasteiger partial charge in [-0.3, -0.25) is 14.8 Å². The Balaban J connectivity index is 1.97. The van der Waals surface area contributed by atoms with Crippen molar-refractivity contribution in [3.8, 4) is 23.5 Å². The normalized spacial score (nSPS) is 11.1. The van der Waals surface area contributed by atoms with E-state index >= 15 is 0 Å². The van der Waals surface area contributed by atoms with Crippen molar-refractivity contribution >= 4 is 28.9 Å². The molecule has 0 saturated carbocycles. The molecule has 3 aromatic rings. The van der Waals surface area contributed by atoms with Crippen LogP contribution in [0, 0.1) is 18.2 Å². The molecule has 0 fully saturated rings. The molecule has 0 radical (unpaired) electrons. The van der Waals surface area contributed by atoms with Gasteiger partial charge < -0.3 is 11.1 Å². The van der Waals surface area contributed by atoms with Crippen molar-refractivity contribution in [2.75, 3.05) is 11.1 Å². The summed E-state index contributed by atoms with van der Waals surface area (Å²) in [6.07, 6.45) is 4.20. The van der Waals surface area contributed by atoms with Crippen LogP contribution in [0.2, 0.25) is 5.02 Å². The Bertz CT molecular complexity index is 1190. The molecule has 0 atom stereocenters. The Morgan fingerprint density at radius 1 is 1.23 bits per heavy atom. The van der Waals surface area contributed by atoms with Crippen LogP contribution >= 0.6 is 11.6 Å². The standard InChI is InChI=1S/C20H11ClF4N4O/c1-2-10-8-27-9-16(26)18(10)13-6-14(21)12(7-15(13)22)19(30)29-11-3-4-28-17(5-11)20(23,24)25/h1,3-9H,26H2,(H,28,29,30). The SMILES string of the molecule is C#Cc1cncc(N)c1-c1cc(Cl)c(C(=O)Nc2ccnc(C(F)(F)F)c2)cc1F. The first-order valence-corrected chi connectivity index (χ1v) is 8.53. The van der Waals surface area contributed by atoms with Gasteiger partial charge in [-0.05, 0) is 24.3 Å². The number of hydrogen-bond donors (Lipinski definition) is 2. The van der Waals surface area contributed by atoms with E-state index in [-0.39, 0.29) is 38.7 Å². The minimum Gasteiger partial charge on any atom is -0.397 e. The molecule has 0 saturated heterocycles. The van der Waals surface area contributed by atoms with E-state index in [9.17, 15) is 22.4 Å². The number of nitrogens with one attached hydrogen (secondary N) is 1. The number of carbonyl (C=O) groups excluding carboxylic acids is 1. The van der Waals surface area contributed by atoms with Gasteiger partial charge in [0.25, 0.3) is 5.91 Å². The summed E-state index contributed by atoms with van der Waals surface area (Å²) in [6, 6.07) is 3.81. The number of nitrogens with two attached hydrogens (primary N) is 1. The first-order valence-electron chi connectivity index (χ1n) is 8.16. The fourth-order valence-electron chi connectivity index (χ4n) is 2.66. The molecule has 30 heavy (non-hydrogen) atoms. The molecule has 0 spiro atoms. The third-order valence-corrected chi connectivity index (χ3v) is 4.32. The molecule has 3 N–H and O–H groups in total. The summed E-state index contributed by atoms with van der Waals surface area (Å²) in [5.74, 6) is 0.571. The smallest absolute Gasteiger partial charge is 0.397 e. The van der Waals surface area contributed by atoms with E-state index in [1.807, 2.05) is 0 Å². The van der Waals surface area contributed by atoms with Crippen LogP contribution in [-0.2, 0) is 6.18 Å². The van der Waals surface area contributed by atoms with Crippen LogP contribution in [0.5, 0.6) is 0 Å². The minimum atomic E-state index is -4.69. The van der Waals surface area contributed by atoms with Crippen molar-refractivity contribution < 1.29 is 22.4 Å². The van der Waals surface area contributed by atoms with Gasteiger partial charge in [0.15, 0.2) is 0 Å². The Labute approximate surface area is 172 Å². The number of nitrogen functional groups attached to an aromatic ring is 1. The molecular formula is C20H11ClF4N4O. The van der Waals surface area contributed by atoms with Crippen molar-refractivity contribution in [1.29, 1.82) is 0 Å². The average molecular weight is 435 g/mol. The van der Waals surface area contributed by atoms with E-state index in [0.717, 1.165) is 24.4 Å². The molecule has 0 aliphatic carbocycles. The van der Waals surface area contributed by atoms with Crippen LogP contribution in [0.1, 0.15) is 21.6 Å². The third kappa shape index (κ3) is 4.18. The molecule has 152 valence electrons. The van der Waals surface area contributed by atoms with Crippen molar-refractivity contribution in [2.45, 2.75) is 6.18 Å². The number of halogens is 5. The molecule has 5 nitrogen and oxygen atoms in total. The Hall–Kier alpha value is -3.64. The predicted octanol–water partition coefficient (Wildman–Crippen LogP) is 4.77. The second-order valence-corrected chi connectivity index (χ2v) is 6.40. The molecule has 10 heteroatoms. The number of terminal acetylenes is 1. The Kier molecular flexibility index (Phi) is 5.62. The highest BCUT2D eigenvalue weighted by Crippen LogP contribution is 2.35. The number of benzene rings is 1. The quantitative estimate of drug-likeness (QED) is 0.459. The van der Waals surface area contributed by atoms with Crippen LogP contribution in [0.3, 0.4) is 0 Å². The van der Waals surface area contributed by atoms with Crippen molar-refractivity contribution in [1.82, 2.24) is 9.97 Å². The summed E-state index contributed by atoms with van der Waals surface area (Å²) in [4.78, 5) is 19.5. The zero-order valence-electron chi connectivity index (χ0n) is 14.9. The van der Waals surface area contributed by atoms with Gasteiger partial charge in [-0.1, -0.05) is 17.5 Å². The molecule has 0 bridgehead atoms. The molecule has 0 aliphatic rings. The molecule has 2 aromatic heterocycles. The number of nitrogens with zero attached hydrogens (tertiary/aromatic N) is 2. The van der Waals surface area contributed by atoms with Gasteiger partial charge in [0, 0.05) is 29.2 Å². The van der Waals surface area contributed by atoms with Crippen LogP contribution in [0.4, 0.5) is 28.9 Å². The Morgan fingerprint density at radius 3 is 2.63 bits per heavy atom. The van der Waals surface area contributed by atoms with Crippen molar-refractivity contribution in [2.24, 2.45) is 0 Å². The van der Waals surface area contributed by atoms with E-state index in [4.69, 9.17) is 23.8 Å². The predicted molar refractivity (Wildman–Crippen MR) is 104 cm³/mol. The van der Waals surface area contributed by atoms with Crippen molar-refractivity contribution in [3.05, 3.63) is 70.5 Å². The topological polar surface area (TPSA) is 80.9 Å². The number of alkyl halides is 3. The lowest BCUT2D eigenvalue weighted by atomic mass is 9.98. The fourth-order valence-corrected chi connectivity index (χ4v) is 2.91. The number of amides is 1. The molecule has 2 heterocycles. The summed E-state index contributed by atoms with van der Waals surface area (Å²) < 4.78 is 53.1. The lowest BCUT2D eigenvalue weighted by Crippen LogP contribution is -2.15. The van der Waals surface area contributed by atoms with E-state index in [1.54, 1.807) is 0 Å². The fraction of sp³-hybridized carbons (Fsp3) is 0.0500. The summed E-state index contributed by atoms with van der Waals surface area (Å²) in [7, 11) is 0. The molecule has 0 aliphatic heterocycles. The maximum absolute atomic E-state index is 14.8. The number of carbonyl (C=O) groups is 1. The number of hydrogen-bond acceptors (Lipinski definition) is 4. The third-order valence-electron chi connectivity index (χ3n) is 4.01. The summed E-state index contributed by atoms with van der Waals surface area (Å²) in [5.41, 5.74) is 4.64. The van der Waals surface area contributed by atoms with Gasteiger partial charge in [0.2, 0.25) is 0 Å². The summed E-state index contributed by atoms with van der Waals surface area (Å²) >= 11 is 6.14. The largest absolute Gasteiger partial charge is 0.433 e. The molecule has 3 rings (SSSR count). The minimum absolute atomic E-state index is 0.0485. The maximum atomic E-state index is 14.8. The van der Waals surface area contributed by atoms with Gasteiger partial charge in [0.05, 0.1) is 28.0 Å². The highest BCUT2D eigenvalue weighted by molar-refractivity contribution is 6.34. The number of anilines is 2. The molecular weight excluding hydrogens is 424 g/mol. The first kappa shape index (κ1) is 21.1. The zero-order chi connectivity index (χ0) is 22.1. The lowest BCUT2D eigenvalue weighted by Gasteiger charge is -2.13. The monoisotopic (exact) mass is 434 g/mol. The highest BCUT2D eigenvalue weighted by Gasteiger charge is 2.32. The number of pyridine rings is 2. The van der Waals surface area contributed by atoms with Crippen LogP contribution < -0.4 is 11.1 Å². The van der Waals surface area contributed by atoms with Crippen LogP contribution in [0.25, 0.3) is 11.1 Å². The zero-order valence-corrected chi connectivity index (χ0v) is 15.6. The number of aromatic nitrogens is 2. The molecule has 1 aromatic carbocycles. The maximum Gasteiger partial charge on any atom is 0.433 e. The van der Waals surface area contributed by atoms with E-state index in [0.29, 0.717) is 6.07 Å². The molecule has 0 unspecified atom stereocenters. The van der Waals surface area contributed by atoms with Crippen LogP contribution in [0.15, 0.2) is 42.9 Å². The lowest BCUT2D eigenvalue weighted by molar-refractivity contribution is -0.141. The number of rotatable bonds is 3. The van der Waals surface area contributed by atoms with Gasteiger partial charge in [-0.25, -0.2) is 4.39 Å². The second kappa shape index (κ2) is 8.00. The average Bonchev–Trinajstić information content (AvgIpc) is 2.69. The summed E-state index contributed by atoms with van der Waals surface area (Å²) in [6.45, 7) is 0. The van der Waals surface area contributed by atoms with E-state index in [1.165, 1.54) is 12.4 Å². The van der Waals surface area contributed by atoms with E-state index < -0.39 is 23.6 Å². The summed E-state index contributed by atoms with van der Waals surface area (Å²) in [5, 5.41) is 2.08. The van der Waals surface area contributed by atoms with Gasteiger partial charge in [0.1, 0.15) is 11.5 Å². The van der Waals surface area contributed by atoms with Gasteiger partial charge >= 0.3 is 6.18 Å². The van der Waals surface area contributed by atoms with Gasteiger partial charge in [-0.15, -0.1) is 6.42 Å². The first-order chi connectivity index (χ1) is 14.1. The van der Waals surface area contributed by atoms with Gasteiger partial charge in [-0.2, -0.15) is 13.2 Å².